The number of benzene rings is 1. The lowest BCUT2D eigenvalue weighted by Crippen LogP contribution is -1.93. The molecule has 1 heterocycles. The lowest BCUT2D eigenvalue weighted by Gasteiger charge is -1.99. The highest BCUT2D eigenvalue weighted by Crippen LogP contribution is 2.29. The van der Waals surface area contributed by atoms with Crippen molar-refractivity contribution in [3.8, 4) is 10.6 Å². The van der Waals surface area contributed by atoms with Crippen LogP contribution in [-0.4, -0.2) is 10.2 Å². The van der Waals surface area contributed by atoms with E-state index in [9.17, 15) is 13.2 Å². The minimum Gasteiger partial charge on any atom is -0.204 e. The third-order valence-electron chi connectivity index (χ3n) is 1.67. The van der Waals surface area contributed by atoms with Crippen LogP contribution in [0.25, 0.3) is 10.6 Å². The molecule has 1 aromatic carbocycles. The van der Waals surface area contributed by atoms with Gasteiger partial charge in [0.2, 0.25) is 4.47 Å². The van der Waals surface area contributed by atoms with Crippen molar-refractivity contribution in [1.82, 2.24) is 10.2 Å². The summed E-state index contributed by atoms with van der Waals surface area (Å²) in [4.78, 5) is 0. The van der Waals surface area contributed by atoms with Gasteiger partial charge in [0.05, 0.1) is 5.56 Å². The molecular formula is C8H2ClF3N2S. The summed E-state index contributed by atoms with van der Waals surface area (Å²) in [5.74, 6) is -4.06. The highest BCUT2D eigenvalue weighted by atomic mass is 35.5. The molecule has 78 valence electrons. The van der Waals surface area contributed by atoms with Gasteiger partial charge >= 0.3 is 0 Å². The van der Waals surface area contributed by atoms with Gasteiger partial charge in [-0.25, -0.2) is 13.2 Å². The molecule has 1 aromatic heterocycles. The predicted octanol–water partition coefficient (Wildman–Crippen LogP) is 3.28. The highest BCUT2D eigenvalue weighted by Gasteiger charge is 2.17. The fourth-order valence-electron chi connectivity index (χ4n) is 1.01. The molecule has 0 bridgehead atoms. The van der Waals surface area contributed by atoms with E-state index in [1.165, 1.54) is 0 Å². The van der Waals surface area contributed by atoms with Crippen LogP contribution in [0.1, 0.15) is 0 Å². The average molecular weight is 251 g/mol. The molecular weight excluding hydrogens is 249 g/mol. The van der Waals surface area contributed by atoms with E-state index in [-0.39, 0.29) is 15.0 Å². The molecule has 0 saturated carbocycles. The molecule has 0 amide bonds. The van der Waals surface area contributed by atoms with Crippen LogP contribution in [0.5, 0.6) is 0 Å². The molecule has 15 heavy (non-hydrogen) atoms. The summed E-state index contributed by atoms with van der Waals surface area (Å²) in [5, 5.41) is 7.07. The van der Waals surface area contributed by atoms with Crippen molar-refractivity contribution in [1.29, 1.82) is 0 Å². The number of hydrogen-bond donors (Lipinski definition) is 0. The predicted molar refractivity (Wildman–Crippen MR) is 50.2 cm³/mol. The number of nitrogens with zero attached hydrogens (tertiary/aromatic N) is 2. The van der Waals surface area contributed by atoms with Crippen LogP contribution in [-0.2, 0) is 0 Å². The molecule has 0 aliphatic rings. The minimum absolute atomic E-state index is 0.106. The van der Waals surface area contributed by atoms with Crippen LogP contribution < -0.4 is 0 Å². The SMILES string of the molecule is Fc1ccc(-c2nnc(Cl)s2)c(F)c1F. The van der Waals surface area contributed by atoms with Gasteiger partial charge in [-0.15, -0.1) is 10.2 Å². The van der Waals surface area contributed by atoms with E-state index in [0.717, 1.165) is 23.5 Å². The molecule has 0 unspecified atom stereocenters. The highest BCUT2D eigenvalue weighted by molar-refractivity contribution is 7.18. The fraction of sp³-hybridized carbons (Fsp3) is 0. The molecule has 2 rings (SSSR count). The molecule has 0 radical (unpaired) electrons. The maximum Gasteiger partial charge on any atom is 0.207 e. The molecule has 0 aliphatic carbocycles. The van der Waals surface area contributed by atoms with Crippen LogP contribution in [0.15, 0.2) is 12.1 Å². The van der Waals surface area contributed by atoms with Gasteiger partial charge < -0.3 is 0 Å². The van der Waals surface area contributed by atoms with Crippen LogP contribution in [0.3, 0.4) is 0 Å². The Morgan fingerprint density at radius 3 is 2.40 bits per heavy atom. The molecule has 0 saturated heterocycles. The van der Waals surface area contributed by atoms with Gasteiger partial charge in [0.15, 0.2) is 22.5 Å². The van der Waals surface area contributed by atoms with E-state index in [0.29, 0.717) is 0 Å². The quantitative estimate of drug-likeness (QED) is 0.726. The Hall–Kier alpha value is -1.14. The summed E-state index contributed by atoms with van der Waals surface area (Å²) < 4.78 is 38.8. The van der Waals surface area contributed by atoms with Crippen molar-refractivity contribution in [2.24, 2.45) is 0 Å². The topological polar surface area (TPSA) is 25.8 Å². The first-order valence-corrected chi connectivity index (χ1v) is 4.92. The average Bonchev–Trinajstić information content (AvgIpc) is 2.61. The van der Waals surface area contributed by atoms with Gasteiger partial charge in [0, 0.05) is 0 Å². The third kappa shape index (κ3) is 1.82. The number of hydrogen-bond acceptors (Lipinski definition) is 3. The van der Waals surface area contributed by atoms with Gasteiger partial charge in [-0.2, -0.15) is 0 Å². The van der Waals surface area contributed by atoms with Crippen LogP contribution >= 0.6 is 22.9 Å². The van der Waals surface area contributed by atoms with Gasteiger partial charge in [0.1, 0.15) is 0 Å². The van der Waals surface area contributed by atoms with Crippen molar-refractivity contribution >= 4 is 22.9 Å². The number of halogens is 4. The molecule has 0 spiro atoms. The van der Waals surface area contributed by atoms with Crippen molar-refractivity contribution in [2.75, 3.05) is 0 Å². The standard InChI is InChI=1S/C8H2ClF3N2S/c9-8-14-13-7(15-8)3-1-2-4(10)6(12)5(3)11/h1-2H. The van der Waals surface area contributed by atoms with Crippen molar-refractivity contribution in [3.05, 3.63) is 34.1 Å². The van der Waals surface area contributed by atoms with Gasteiger partial charge in [-0.05, 0) is 23.7 Å². The van der Waals surface area contributed by atoms with E-state index >= 15 is 0 Å². The van der Waals surface area contributed by atoms with Crippen molar-refractivity contribution in [3.63, 3.8) is 0 Å². The van der Waals surface area contributed by atoms with Gasteiger partial charge in [-0.3, -0.25) is 0 Å². The van der Waals surface area contributed by atoms with Crippen LogP contribution in [0.2, 0.25) is 4.47 Å². The van der Waals surface area contributed by atoms with E-state index in [2.05, 4.69) is 10.2 Å². The monoisotopic (exact) mass is 250 g/mol. The Morgan fingerprint density at radius 2 is 1.80 bits per heavy atom. The van der Waals surface area contributed by atoms with E-state index in [4.69, 9.17) is 11.6 Å². The molecule has 2 nitrogen and oxygen atoms in total. The summed E-state index contributed by atoms with van der Waals surface area (Å²) in [6.07, 6.45) is 0. The zero-order valence-corrected chi connectivity index (χ0v) is 8.54. The molecule has 0 atom stereocenters. The van der Waals surface area contributed by atoms with Crippen LogP contribution in [0.4, 0.5) is 13.2 Å². The second-order valence-electron chi connectivity index (χ2n) is 2.58. The Bertz CT molecular complexity index is 515. The van der Waals surface area contributed by atoms with E-state index in [1.54, 1.807) is 0 Å². The first-order valence-electron chi connectivity index (χ1n) is 3.72. The zero-order chi connectivity index (χ0) is 11.0. The van der Waals surface area contributed by atoms with E-state index in [1.807, 2.05) is 0 Å². The minimum atomic E-state index is -1.53. The number of aromatic nitrogens is 2. The third-order valence-corrected chi connectivity index (χ3v) is 2.72. The Kier molecular flexibility index (Phi) is 2.62. The largest absolute Gasteiger partial charge is 0.207 e. The first kappa shape index (κ1) is 10.4. The molecule has 7 heteroatoms. The molecule has 0 aliphatic heterocycles. The Morgan fingerprint density at radius 1 is 1.07 bits per heavy atom. The summed E-state index contributed by atoms with van der Waals surface area (Å²) in [6.45, 7) is 0. The first-order chi connectivity index (χ1) is 7.09. The normalized spacial score (nSPS) is 10.7. The summed E-state index contributed by atoms with van der Waals surface area (Å²) >= 11 is 6.37. The number of rotatable bonds is 1. The fourth-order valence-corrected chi connectivity index (χ4v) is 1.85. The molecule has 0 fully saturated rings. The smallest absolute Gasteiger partial charge is 0.204 e. The second-order valence-corrected chi connectivity index (χ2v) is 4.14. The lowest BCUT2D eigenvalue weighted by atomic mass is 10.2. The maximum absolute atomic E-state index is 13.2. The summed E-state index contributed by atoms with van der Waals surface area (Å²) in [6, 6.07) is 1.91. The molecule has 0 N–H and O–H groups in total. The van der Waals surface area contributed by atoms with Crippen LogP contribution in [0, 0.1) is 17.5 Å². The molecule has 2 aromatic rings. The maximum atomic E-state index is 13.2. The van der Waals surface area contributed by atoms with E-state index < -0.39 is 17.5 Å². The Balaban J connectivity index is 2.59. The van der Waals surface area contributed by atoms with Gasteiger partial charge in [0.25, 0.3) is 0 Å². The zero-order valence-electron chi connectivity index (χ0n) is 6.97. The van der Waals surface area contributed by atoms with Gasteiger partial charge in [-0.1, -0.05) is 11.3 Å². The Labute approximate surface area is 91.3 Å². The van der Waals surface area contributed by atoms with Crippen molar-refractivity contribution < 1.29 is 13.2 Å². The summed E-state index contributed by atoms with van der Waals surface area (Å²) in [5.41, 5.74) is -0.154. The van der Waals surface area contributed by atoms with Crippen molar-refractivity contribution in [2.45, 2.75) is 0 Å². The second kappa shape index (κ2) is 3.79. The summed E-state index contributed by atoms with van der Waals surface area (Å²) in [7, 11) is 0. The lowest BCUT2D eigenvalue weighted by molar-refractivity contribution is 0.449.